The van der Waals surface area contributed by atoms with Gasteiger partial charge in [0.25, 0.3) is 5.91 Å². The van der Waals surface area contributed by atoms with E-state index in [2.05, 4.69) is 5.32 Å². The van der Waals surface area contributed by atoms with Crippen LogP contribution in [-0.2, 0) is 17.6 Å². The number of aryl methyl sites for hydroxylation is 1. The number of ether oxygens (including phenoxy) is 2. The standard InChI is InChI=1S/C21H20N2O5S/c1-3-27-21(25)16-12-7-5-9-15(12)29-20(16)23-19(24)13-10-11-6-4-8-14(26-2)17(11)28-18(13)22/h4,6,8,10,22H,3,5,7,9H2,1-2H3,(H,23,24). The van der Waals surface area contributed by atoms with Crippen molar-refractivity contribution in [3.63, 3.8) is 0 Å². The van der Waals surface area contributed by atoms with E-state index in [0.717, 1.165) is 29.7 Å². The Bertz CT molecular complexity index is 1180. The van der Waals surface area contributed by atoms with Crippen LogP contribution < -0.4 is 15.6 Å². The van der Waals surface area contributed by atoms with Crippen LogP contribution in [-0.4, -0.2) is 25.6 Å². The first-order valence-electron chi connectivity index (χ1n) is 9.32. The minimum absolute atomic E-state index is 0.0779. The Hall–Kier alpha value is -3.13. The second-order valence-electron chi connectivity index (χ2n) is 6.60. The van der Waals surface area contributed by atoms with Crippen molar-refractivity contribution in [1.29, 1.82) is 5.41 Å². The molecule has 4 rings (SSSR count). The molecule has 0 aliphatic heterocycles. The molecule has 7 nitrogen and oxygen atoms in total. The first-order valence-corrected chi connectivity index (χ1v) is 10.1. The zero-order chi connectivity index (χ0) is 20.5. The predicted molar refractivity (Wildman–Crippen MR) is 109 cm³/mol. The molecule has 1 aromatic carbocycles. The lowest BCUT2D eigenvalue weighted by Crippen LogP contribution is -2.21. The van der Waals surface area contributed by atoms with Crippen LogP contribution in [0, 0.1) is 5.41 Å². The average molecular weight is 412 g/mol. The van der Waals surface area contributed by atoms with Crippen LogP contribution >= 0.6 is 11.3 Å². The molecule has 2 aromatic heterocycles. The highest BCUT2D eigenvalue weighted by atomic mass is 32.1. The third-order valence-electron chi connectivity index (χ3n) is 4.85. The molecule has 0 saturated carbocycles. The number of rotatable bonds is 5. The van der Waals surface area contributed by atoms with Crippen molar-refractivity contribution in [3.8, 4) is 5.75 Å². The Labute approximate surface area is 170 Å². The SMILES string of the molecule is CCOC(=O)c1c(NC(=O)c2cc3cccc(OC)c3oc2=N)sc2c1CCC2. The molecule has 1 aliphatic rings. The number of hydrogen-bond acceptors (Lipinski definition) is 7. The molecule has 2 heterocycles. The number of nitrogens with one attached hydrogen (secondary N) is 2. The zero-order valence-corrected chi connectivity index (χ0v) is 16.9. The topological polar surface area (TPSA) is 102 Å². The number of carbonyl (C=O) groups is 2. The van der Waals surface area contributed by atoms with Gasteiger partial charge >= 0.3 is 5.97 Å². The smallest absolute Gasteiger partial charge is 0.341 e. The van der Waals surface area contributed by atoms with Gasteiger partial charge in [0.15, 0.2) is 11.3 Å². The fourth-order valence-electron chi connectivity index (χ4n) is 3.55. The predicted octanol–water partition coefficient (Wildman–Crippen LogP) is 3.90. The Morgan fingerprint density at radius 3 is 2.90 bits per heavy atom. The first kappa shape index (κ1) is 19.2. The van der Waals surface area contributed by atoms with Crippen LogP contribution in [0.1, 0.15) is 44.5 Å². The highest BCUT2D eigenvalue weighted by Crippen LogP contribution is 2.39. The fourth-order valence-corrected chi connectivity index (χ4v) is 4.82. The number of anilines is 1. The minimum Gasteiger partial charge on any atom is -0.493 e. The van der Waals surface area contributed by atoms with E-state index in [9.17, 15) is 9.59 Å². The van der Waals surface area contributed by atoms with Gasteiger partial charge in [0.2, 0.25) is 5.55 Å². The summed E-state index contributed by atoms with van der Waals surface area (Å²) in [5, 5.41) is 12.1. The van der Waals surface area contributed by atoms with E-state index < -0.39 is 11.9 Å². The van der Waals surface area contributed by atoms with Gasteiger partial charge in [0.05, 0.1) is 19.3 Å². The molecule has 0 atom stereocenters. The summed E-state index contributed by atoms with van der Waals surface area (Å²) in [6.45, 7) is 2.01. The van der Waals surface area contributed by atoms with Crippen LogP contribution in [0.2, 0.25) is 0 Å². The molecule has 0 unspecified atom stereocenters. The molecule has 3 aromatic rings. The Balaban J connectivity index is 1.71. The lowest BCUT2D eigenvalue weighted by atomic mass is 10.1. The summed E-state index contributed by atoms with van der Waals surface area (Å²) < 4.78 is 16.0. The Kier molecular flexibility index (Phi) is 5.10. The Morgan fingerprint density at radius 1 is 1.31 bits per heavy atom. The van der Waals surface area contributed by atoms with Gasteiger partial charge in [-0.2, -0.15) is 0 Å². The van der Waals surface area contributed by atoms with Crippen molar-refractivity contribution in [1.82, 2.24) is 0 Å². The van der Waals surface area contributed by atoms with Crippen LogP contribution in [0.5, 0.6) is 5.75 Å². The van der Waals surface area contributed by atoms with Gasteiger partial charge in [-0.1, -0.05) is 12.1 Å². The third-order valence-corrected chi connectivity index (χ3v) is 6.06. The molecule has 1 amide bonds. The number of hydrogen-bond donors (Lipinski definition) is 2. The van der Waals surface area contributed by atoms with E-state index >= 15 is 0 Å². The fraction of sp³-hybridized carbons (Fsp3) is 0.286. The molecule has 0 saturated heterocycles. The summed E-state index contributed by atoms with van der Waals surface area (Å²) in [6.07, 6.45) is 2.67. The first-order chi connectivity index (χ1) is 14.0. The molecule has 29 heavy (non-hydrogen) atoms. The van der Waals surface area contributed by atoms with Gasteiger partial charge in [0, 0.05) is 10.3 Å². The normalized spacial score (nSPS) is 12.6. The van der Waals surface area contributed by atoms with Crippen LogP contribution in [0.4, 0.5) is 5.00 Å². The van der Waals surface area contributed by atoms with E-state index in [1.807, 2.05) is 0 Å². The number of methoxy groups -OCH3 is 1. The van der Waals surface area contributed by atoms with Gasteiger partial charge in [-0.15, -0.1) is 11.3 Å². The summed E-state index contributed by atoms with van der Waals surface area (Å²) in [6, 6.07) is 6.88. The van der Waals surface area contributed by atoms with E-state index in [4.69, 9.17) is 19.3 Å². The maximum absolute atomic E-state index is 12.9. The Morgan fingerprint density at radius 2 is 2.14 bits per heavy atom. The van der Waals surface area contributed by atoms with E-state index in [1.165, 1.54) is 18.4 Å². The lowest BCUT2D eigenvalue weighted by Gasteiger charge is -2.09. The third kappa shape index (κ3) is 3.40. The van der Waals surface area contributed by atoms with Crippen molar-refractivity contribution < 1.29 is 23.5 Å². The molecule has 150 valence electrons. The van der Waals surface area contributed by atoms with Crippen molar-refractivity contribution in [2.24, 2.45) is 0 Å². The van der Waals surface area contributed by atoms with Crippen molar-refractivity contribution in [2.75, 3.05) is 19.0 Å². The largest absolute Gasteiger partial charge is 0.493 e. The van der Waals surface area contributed by atoms with Gasteiger partial charge in [-0.3, -0.25) is 10.2 Å². The lowest BCUT2D eigenvalue weighted by molar-refractivity contribution is 0.0527. The highest BCUT2D eigenvalue weighted by molar-refractivity contribution is 7.17. The maximum atomic E-state index is 12.9. The van der Waals surface area contributed by atoms with E-state index in [1.54, 1.807) is 31.2 Å². The number of para-hydroxylation sites is 1. The second kappa shape index (κ2) is 7.71. The molecule has 1 aliphatic carbocycles. The summed E-state index contributed by atoms with van der Waals surface area (Å²) in [4.78, 5) is 26.5. The zero-order valence-electron chi connectivity index (χ0n) is 16.1. The summed E-state index contributed by atoms with van der Waals surface area (Å²) >= 11 is 1.40. The van der Waals surface area contributed by atoms with E-state index in [-0.39, 0.29) is 17.7 Å². The number of thiophene rings is 1. The van der Waals surface area contributed by atoms with Crippen LogP contribution in [0.25, 0.3) is 11.0 Å². The molecule has 0 bridgehead atoms. The summed E-state index contributed by atoms with van der Waals surface area (Å²) in [5.41, 5.74) is 1.60. The monoisotopic (exact) mass is 412 g/mol. The molecule has 0 fully saturated rings. The van der Waals surface area contributed by atoms with Gasteiger partial charge in [-0.25, -0.2) is 4.79 Å². The molecular weight excluding hydrogens is 392 g/mol. The van der Waals surface area contributed by atoms with Gasteiger partial charge in [0.1, 0.15) is 10.6 Å². The number of fused-ring (bicyclic) bond motifs is 2. The minimum atomic E-state index is -0.506. The molecule has 0 radical (unpaired) electrons. The number of benzene rings is 1. The van der Waals surface area contributed by atoms with Crippen molar-refractivity contribution in [3.05, 3.63) is 51.4 Å². The quantitative estimate of drug-likeness (QED) is 0.619. The van der Waals surface area contributed by atoms with Crippen LogP contribution in [0.15, 0.2) is 28.7 Å². The van der Waals surface area contributed by atoms with E-state index in [0.29, 0.717) is 27.3 Å². The molecular formula is C21H20N2O5S. The molecule has 0 spiro atoms. The summed E-state index contributed by atoms with van der Waals surface area (Å²) in [7, 11) is 1.52. The van der Waals surface area contributed by atoms with Crippen LogP contribution in [0.3, 0.4) is 0 Å². The molecule has 8 heteroatoms. The number of esters is 1. The summed E-state index contributed by atoms with van der Waals surface area (Å²) in [5.74, 6) is -0.447. The van der Waals surface area contributed by atoms with Crippen molar-refractivity contribution in [2.45, 2.75) is 26.2 Å². The van der Waals surface area contributed by atoms with Gasteiger partial charge < -0.3 is 19.2 Å². The second-order valence-corrected chi connectivity index (χ2v) is 7.71. The van der Waals surface area contributed by atoms with Crippen molar-refractivity contribution >= 4 is 39.2 Å². The highest BCUT2D eigenvalue weighted by Gasteiger charge is 2.29. The number of carbonyl (C=O) groups excluding carboxylic acids is 2. The van der Waals surface area contributed by atoms with Gasteiger partial charge in [-0.05, 0) is 43.9 Å². The average Bonchev–Trinajstić information content (AvgIpc) is 3.27. The maximum Gasteiger partial charge on any atom is 0.341 e. The molecule has 2 N–H and O–H groups in total. The number of amides is 1.